The Hall–Kier alpha value is -2.22. The lowest BCUT2D eigenvalue weighted by Crippen LogP contribution is -2.49. The molecule has 2 aliphatic heterocycles. The molecule has 1 aromatic rings. The molecule has 1 atom stereocenters. The number of hydrogen-bond acceptors (Lipinski definition) is 6. The fraction of sp³-hybridized carbons (Fsp3) is 0.625. The molecule has 2 amide bonds. The first kappa shape index (κ1) is 16.6. The largest absolute Gasteiger partial charge is 0.391 e. The van der Waals surface area contributed by atoms with Crippen LogP contribution in [0.25, 0.3) is 0 Å². The molecule has 3 heterocycles. The Morgan fingerprint density at radius 1 is 1.00 bits per heavy atom. The molecule has 2 saturated heterocycles. The lowest BCUT2D eigenvalue weighted by atomic mass is 10.2. The van der Waals surface area contributed by atoms with Crippen LogP contribution in [0.4, 0.5) is 5.95 Å². The second kappa shape index (κ2) is 7.57. The maximum atomic E-state index is 12.3. The third-order valence-corrected chi connectivity index (χ3v) is 4.54. The van der Waals surface area contributed by atoms with Gasteiger partial charge in [-0.15, -0.1) is 0 Å². The van der Waals surface area contributed by atoms with Crippen LogP contribution in [-0.2, 0) is 9.59 Å². The van der Waals surface area contributed by atoms with Crippen LogP contribution in [0.5, 0.6) is 0 Å². The van der Waals surface area contributed by atoms with Gasteiger partial charge in [-0.05, 0) is 12.5 Å². The van der Waals surface area contributed by atoms with Crippen LogP contribution in [0.3, 0.4) is 0 Å². The standard InChI is InChI=1S/C16H23N5O3/c22-13-4-7-21(12-13)15(24)3-2-14(23)19-8-10-20(11-9-19)16-17-5-1-6-18-16/h1,5-6,13,22H,2-4,7-12H2/t13-/m1/s1. The highest BCUT2D eigenvalue weighted by Crippen LogP contribution is 2.13. The first-order valence-electron chi connectivity index (χ1n) is 8.39. The molecule has 0 radical (unpaired) electrons. The van der Waals surface area contributed by atoms with Crippen LogP contribution in [0, 0.1) is 0 Å². The first-order valence-corrected chi connectivity index (χ1v) is 8.39. The van der Waals surface area contributed by atoms with Gasteiger partial charge in [-0.1, -0.05) is 0 Å². The Morgan fingerprint density at radius 2 is 1.62 bits per heavy atom. The van der Waals surface area contributed by atoms with Crippen molar-refractivity contribution in [1.82, 2.24) is 19.8 Å². The van der Waals surface area contributed by atoms with Crippen molar-refractivity contribution < 1.29 is 14.7 Å². The Labute approximate surface area is 141 Å². The van der Waals surface area contributed by atoms with Gasteiger partial charge < -0.3 is 19.8 Å². The number of carbonyl (C=O) groups is 2. The van der Waals surface area contributed by atoms with Gasteiger partial charge in [-0.3, -0.25) is 9.59 Å². The van der Waals surface area contributed by atoms with Gasteiger partial charge in [0.1, 0.15) is 0 Å². The number of aliphatic hydroxyl groups is 1. The molecule has 8 heteroatoms. The highest BCUT2D eigenvalue weighted by molar-refractivity contribution is 5.84. The Bertz CT molecular complexity index is 574. The predicted octanol–water partition coefficient (Wildman–Crippen LogP) is -0.501. The third-order valence-electron chi connectivity index (χ3n) is 4.54. The van der Waals surface area contributed by atoms with Crippen LogP contribution in [-0.4, -0.2) is 82.1 Å². The Balaban J connectivity index is 1.41. The topological polar surface area (TPSA) is 89.9 Å². The van der Waals surface area contributed by atoms with Gasteiger partial charge in [0.2, 0.25) is 17.8 Å². The Morgan fingerprint density at radius 3 is 2.21 bits per heavy atom. The van der Waals surface area contributed by atoms with E-state index < -0.39 is 6.10 Å². The molecular weight excluding hydrogens is 310 g/mol. The summed E-state index contributed by atoms with van der Waals surface area (Å²) < 4.78 is 0. The van der Waals surface area contributed by atoms with E-state index >= 15 is 0 Å². The molecule has 130 valence electrons. The summed E-state index contributed by atoms with van der Waals surface area (Å²) in [5, 5.41) is 9.46. The molecule has 1 aromatic heterocycles. The van der Waals surface area contributed by atoms with Gasteiger partial charge in [0.05, 0.1) is 6.10 Å². The average molecular weight is 333 g/mol. The van der Waals surface area contributed by atoms with Crippen molar-refractivity contribution in [3.05, 3.63) is 18.5 Å². The molecular formula is C16H23N5O3. The van der Waals surface area contributed by atoms with E-state index in [1.165, 1.54) is 0 Å². The second-order valence-corrected chi connectivity index (χ2v) is 6.20. The van der Waals surface area contributed by atoms with Crippen molar-refractivity contribution in [1.29, 1.82) is 0 Å². The summed E-state index contributed by atoms with van der Waals surface area (Å²) in [7, 11) is 0. The fourth-order valence-corrected chi connectivity index (χ4v) is 3.11. The van der Waals surface area contributed by atoms with Gasteiger partial charge in [-0.25, -0.2) is 9.97 Å². The molecule has 0 unspecified atom stereocenters. The third kappa shape index (κ3) is 4.00. The van der Waals surface area contributed by atoms with Gasteiger partial charge in [0, 0.05) is 64.5 Å². The van der Waals surface area contributed by atoms with Crippen LogP contribution in [0.15, 0.2) is 18.5 Å². The maximum Gasteiger partial charge on any atom is 0.225 e. The van der Waals surface area contributed by atoms with Gasteiger partial charge in [0.15, 0.2) is 0 Å². The number of nitrogens with zero attached hydrogens (tertiary/aromatic N) is 5. The SMILES string of the molecule is O=C(CCC(=O)N1CC[C@@H](O)C1)N1CCN(c2ncccn2)CC1. The molecule has 1 N–H and O–H groups in total. The van der Waals surface area contributed by atoms with Crippen molar-refractivity contribution in [3.63, 3.8) is 0 Å². The van der Waals surface area contributed by atoms with Gasteiger partial charge >= 0.3 is 0 Å². The van der Waals surface area contributed by atoms with E-state index in [0.29, 0.717) is 51.6 Å². The summed E-state index contributed by atoms with van der Waals surface area (Å²) >= 11 is 0. The molecule has 0 spiro atoms. The predicted molar refractivity (Wildman–Crippen MR) is 87.3 cm³/mol. The van der Waals surface area contributed by atoms with E-state index in [2.05, 4.69) is 14.9 Å². The normalized spacial score (nSPS) is 21.2. The van der Waals surface area contributed by atoms with Crippen LogP contribution < -0.4 is 4.90 Å². The second-order valence-electron chi connectivity index (χ2n) is 6.20. The van der Waals surface area contributed by atoms with Crippen molar-refractivity contribution in [2.75, 3.05) is 44.2 Å². The number of amides is 2. The lowest BCUT2D eigenvalue weighted by molar-refractivity contribution is -0.136. The Kier molecular flexibility index (Phi) is 5.24. The molecule has 8 nitrogen and oxygen atoms in total. The quantitative estimate of drug-likeness (QED) is 0.799. The first-order chi connectivity index (χ1) is 11.6. The smallest absolute Gasteiger partial charge is 0.225 e. The minimum absolute atomic E-state index is 0.0109. The van der Waals surface area contributed by atoms with Crippen molar-refractivity contribution >= 4 is 17.8 Å². The lowest BCUT2D eigenvalue weighted by Gasteiger charge is -2.34. The number of piperazine rings is 1. The monoisotopic (exact) mass is 333 g/mol. The highest BCUT2D eigenvalue weighted by Gasteiger charge is 2.26. The molecule has 2 fully saturated rings. The number of β-amino-alcohol motifs (C(OH)–C–C–N with tert-alkyl or cyclic N) is 1. The zero-order valence-corrected chi connectivity index (χ0v) is 13.7. The molecule has 3 rings (SSSR count). The number of aromatic nitrogens is 2. The van der Waals surface area contributed by atoms with E-state index in [0.717, 1.165) is 0 Å². The van der Waals surface area contributed by atoms with E-state index in [-0.39, 0.29) is 24.7 Å². The summed E-state index contributed by atoms with van der Waals surface area (Å²) in [6.45, 7) is 3.61. The molecule has 0 bridgehead atoms. The minimum Gasteiger partial charge on any atom is -0.391 e. The number of carbonyl (C=O) groups excluding carboxylic acids is 2. The maximum absolute atomic E-state index is 12.3. The molecule has 0 aromatic carbocycles. The molecule has 24 heavy (non-hydrogen) atoms. The van der Waals surface area contributed by atoms with E-state index in [1.54, 1.807) is 28.3 Å². The summed E-state index contributed by atoms with van der Waals surface area (Å²) in [5.41, 5.74) is 0. The average Bonchev–Trinajstić information content (AvgIpc) is 3.07. The van der Waals surface area contributed by atoms with Crippen LogP contribution in [0.1, 0.15) is 19.3 Å². The number of hydrogen-bond donors (Lipinski definition) is 1. The van der Waals surface area contributed by atoms with Crippen LogP contribution in [0.2, 0.25) is 0 Å². The summed E-state index contributed by atoms with van der Waals surface area (Å²) in [5.74, 6) is 0.653. The van der Waals surface area contributed by atoms with E-state index in [1.807, 2.05) is 0 Å². The molecule has 0 aliphatic carbocycles. The van der Waals surface area contributed by atoms with Crippen molar-refractivity contribution in [2.24, 2.45) is 0 Å². The highest BCUT2D eigenvalue weighted by atomic mass is 16.3. The number of anilines is 1. The zero-order valence-electron chi connectivity index (χ0n) is 13.7. The molecule has 2 aliphatic rings. The summed E-state index contributed by atoms with van der Waals surface area (Å²) in [6, 6.07) is 1.78. The number of likely N-dealkylation sites (tertiary alicyclic amines) is 1. The fourth-order valence-electron chi connectivity index (χ4n) is 3.11. The van der Waals surface area contributed by atoms with Crippen molar-refractivity contribution in [2.45, 2.75) is 25.4 Å². The van der Waals surface area contributed by atoms with E-state index in [4.69, 9.17) is 0 Å². The van der Waals surface area contributed by atoms with Gasteiger partial charge in [-0.2, -0.15) is 0 Å². The van der Waals surface area contributed by atoms with Crippen molar-refractivity contribution in [3.8, 4) is 0 Å². The van der Waals surface area contributed by atoms with E-state index in [9.17, 15) is 14.7 Å². The number of rotatable bonds is 4. The number of aliphatic hydroxyl groups excluding tert-OH is 1. The minimum atomic E-state index is -0.419. The zero-order chi connectivity index (χ0) is 16.9. The summed E-state index contributed by atoms with van der Waals surface area (Å²) in [6.07, 6.45) is 4.07. The summed E-state index contributed by atoms with van der Waals surface area (Å²) in [4.78, 5) is 38.3. The molecule has 0 saturated carbocycles. The van der Waals surface area contributed by atoms with Gasteiger partial charge in [0.25, 0.3) is 0 Å². The van der Waals surface area contributed by atoms with Crippen LogP contribution >= 0.6 is 0 Å².